The van der Waals surface area contributed by atoms with Crippen molar-refractivity contribution in [3.63, 3.8) is 0 Å². The van der Waals surface area contributed by atoms with Crippen molar-refractivity contribution >= 4 is 23.0 Å². The Kier molecular flexibility index (Phi) is 5.72. The summed E-state index contributed by atoms with van der Waals surface area (Å²) < 4.78 is 5.08. The summed E-state index contributed by atoms with van der Waals surface area (Å²) in [7, 11) is 1.63. The van der Waals surface area contributed by atoms with Crippen LogP contribution in [0.1, 0.15) is 6.92 Å². The van der Waals surface area contributed by atoms with Gasteiger partial charge in [-0.1, -0.05) is 0 Å². The molecule has 0 heterocycles. The molecule has 0 spiro atoms. The van der Waals surface area contributed by atoms with Crippen molar-refractivity contribution in [2.45, 2.75) is 6.92 Å². The van der Waals surface area contributed by atoms with Gasteiger partial charge < -0.3 is 20.1 Å². The second-order valence-corrected chi connectivity index (χ2v) is 3.85. The summed E-state index contributed by atoms with van der Waals surface area (Å²) in [6.45, 7) is 3.40. The molecule has 2 N–H and O–H groups in total. The number of likely N-dealkylation sites (N-methyl/N-ethyl adjacent to an activating group) is 1. The molecule has 0 saturated carbocycles. The number of aliphatic hydroxyl groups is 1. The van der Waals surface area contributed by atoms with E-state index in [4.69, 9.17) is 22.1 Å². The number of ether oxygens (including phenoxy) is 1. The maximum Gasteiger partial charge on any atom is 0.173 e. The summed E-state index contributed by atoms with van der Waals surface area (Å²) in [5.74, 6) is 0.809. The molecule has 0 unspecified atom stereocenters. The third-order valence-corrected chi connectivity index (χ3v) is 2.74. The smallest absolute Gasteiger partial charge is 0.173 e. The second kappa shape index (κ2) is 7.09. The Morgan fingerprint density at radius 3 is 2.53 bits per heavy atom. The minimum Gasteiger partial charge on any atom is -0.497 e. The van der Waals surface area contributed by atoms with Crippen molar-refractivity contribution in [3.8, 4) is 5.75 Å². The van der Waals surface area contributed by atoms with E-state index in [1.807, 2.05) is 36.1 Å². The average Bonchev–Trinajstić information content (AvgIpc) is 2.36. The Labute approximate surface area is 107 Å². The first-order chi connectivity index (χ1) is 8.21. The summed E-state index contributed by atoms with van der Waals surface area (Å²) in [6.07, 6.45) is 0. The Balaban J connectivity index is 2.59. The fourth-order valence-electron chi connectivity index (χ4n) is 1.40. The number of aliphatic hydroxyl groups excluding tert-OH is 1. The lowest BCUT2D eigenvalue weighted by molar-refractivity contribution is 0.254. The molecule has 0 aromatic heterocycles. The largest absolute Gasteiger partial charge is 0.497 e. The van der Waals surface area contributed by atoms with Crippen LogP contribution < -0.4 is 10.1 Å². The summed E-state index contributed by atoms with van der Waals surface area (Å²) in [4.78, 5) is 1.90. The molecule has 0 aliphatic heterocycles. The molecule has 1 aromatic carbocycles. The first kappa shape index (κ1) is 13.7. The maximum absolute atomic E-state index is 8.91. The number of nitrogens with zero attached hydrogens (tertiary/aromatic N) is 1. The van der Waals surface area contributed by atoms with E-state index in [1.165, 1.54) is 0 Å². The molecule has 0 radical (unpaired) electrons. The highest BCUT2D eigenvalue weighted by Crippen LogP contribution is 2.15. The van der Waals surface area contributed by atoms with Crippen LogP contribution in [-0.2, 0) is 0 Å². The minimum absolute atomic E-state index is 0.0955. The van der Waals surface area contributed by atoms with Crippen molar-refractivity contribution in [1.29, 1.82) is 0 Å². The van der Waals surface area contributed by atoms with Gasteiger partial charge in [0.2, 0.25) is 0 Å². The predicted molar refractivity (Wildman–Crippen MR) is 73.5 cm³/mol. The van der Waals surface area contributed by atoms with Gasteiger partial charge in [0.05, 0.1) is 13.7 Å². The van der Waals surface area contributed by atoms with Crippen LogP contribution in [0.2, 0.25) is 0 Å². The van der Waals surface area contributed by atoms with Gasteiger partial charge in [-0.2, -0.15) is 0 Å². The van der Waals surface area contributed by atoms with Crippen molar-refractivity contribution in [2.24, 2.45) is 0 Å². The molecular formula is C12H18N2O2S. The topological polar surface area (TPSA) is 44.7 Å². The quantitative estimate of drug-likeness (QED) is 0.783. The number of hydrogen-bond acceptors (Lipinski definition) is 3. The molecule has 4 nitrogen and oxygen atoms in total. The summed E-state index contributed by atoms with van der Waals surface area (Å²) in [6, 6.07) is 7.54. The molecule has 0 fully saturated rings. The highest BCUT2D eigenvalue weighted by atomic mass is 32.1. The van der Waals surface area contributed by atoms with E-state index in [0.29, 0.717) is 11.7 Å². The van der Waals surface area contributed by atoms with Crippen molar-refractivity contribution in [1.82, 2.24) is 4.90 Å². The summed E-state index contributed by atoms with van der Waals surface area (Å²) in [5, 5.41) is 12.6. The van der Waals surface area contributed by atoms with Gasteiger partial charge in [0.1, 0.15) is 5.75 Å². The molecule has 0 bridgehead atoms. The number of hydrogen-bond donors (Lipinski definition) is 2. The zero-order valence-corrected chi connectivity index (χ0v) is 11.0. The standard InChI is InChI=1S/C12H18N2O2S/c1-3-14(8-9-15)12(17)13-10-4-6-11(16-2)7-5-10/h4-7,15H,3,8-9H2,1-2H3,(H,13,17). The van der Waals surface area contributed by atoms with E-state index < -0.39 is 0 Å². The lowest BCUT2D eigenvalue weighted by Crippen LogP contribution is -2.36. The van der Waals surface area contributed by atoms with E-state index in [9.17, 15) is 0 Å². The fraction of sp³-hybridized carbons (Fsp3) is 0.417. The van der Waals surface area contributed by atoms with Crippen LogP contribution in [0, 0.1) is 0 Å². The zero-order chi connectivity index (χ0) is 12.7. The molecule has 94 valence electrons. The second-order valence-electron chi connectivity index (χ2n) is 3.46. The molecular weight excluding hydrogens is 236 g/mol. The molecule has 1 rings (SSSR count). The SMILES string of the molecule is CCN(CCO)C(=S)Nc1ccc(OC)cc1. The highest BCUT2D eigenvalue weighted by molar-refractivity contribution is 7.80. The number of anilines is 1. The van der Waals surface area contributed by atoms with Gasteiger partial charge in [0.15, 0.2) is 5.11 Å². The Hall–Kier alpha value is -1.33. The van der Waals surface area contributed by atoms with Crippen LogP contribution in [0.15, 0.2) is 24.3 Å². The molecule has 0 aliphatic rings. The van der Waals surface area contributed by atoms with Gasteiger partial charge in [0, 0.05) is 18.8 Å². The van der Waals surface area contributed by atoms with Crippen LogP contribution >= 0.6 is 12.2 Å². The number of rotatable bonds is 5. The van der Waals surface area contributed by atoms with E-state index in [0.717, 1.165) is 18.0 Å². The first-order valence-corrected chi connectivity index (χ1v) is 5.93. The summed E-state index contributed by atoms with van der Waals surface area (Å²) in [5.41, 5.74) is 0.909. The van der Waals surface area contributed by atoms with Gasteiger partial charge in [-0.05, 0) is 43.4 Å². The van der Waals surface area contributed by atoms with Gasteiger partial charge in [0.25, 0.3) is 0 Å². The van der Waals surface area contributed by atoms with Crippen molar-refractivity contribution < 1.29 is 9.84 Å². The van der Waals surface area contributed by atoms with Crippen LogP contribution in [0.3, 0.4) is 0 Å². The number of benzene rings is 1. The number of nitrogens with one attached hydrogen (secondary N) is 1. The van der Waals surface area contributed by atoms with Crippen LogP contribution in [0.4, 0.5) is 5.69 Å². The third kappa shape index (κ3) is 4.20. The van der Waals surface area contributed by atoms with Crippen LogP contribution in [0.5, 0.6) is 5.75 Å². The molecule has 0 saturated heterocycles. The van der Waals surface area contributed by atoms with Crippen LogP contribution in [0.25, 0.3) is 0 Å². The maximum atomic E-state index is 8.91. The minimum atomic E-state index is 0.0955. The Morgan fingerprint density at radius 2 is 2.06 bits per heavy atom. The molecule has 0 amide bonds. The zero-order valence-electron chi connectivity index (χ0n) is 10.1. The molecule has 17 heavy (non-hydrogen) atoms. The van der Waals surface area contributed by atoms with Crippen molar-refractivity contribution in [2.75, 3.05) is 32.1 Å². The fourth-order valence-corrected chi connectivity index (χ4v) is 1.74. The van der Waals surface area contributed by atoms with E-state index >= 15 is 0 Å². The van der Waals surface area contributed by atoms with E-state index in [-0.39, 0.29) is 6.61 Å². The molecule has 0 aliphatic carbocycles. The Morgan fingerprint density at radius 1 is 1.41 bits per heavy atom. The van der Waals surface area contributed by atoms with Gasteiger partial charge in [-0.15, -0.1) is 0 Å². The normalized spacial score (nSPS) is 9.82. The van der Waals surface area contributed by atoms with Crippen molar-refractivity contribution in [3.05, 3.63) is 24.3 Å². The lowest BCUT2D eigenvalue weighted by atomic mass is 10.3. The summed E-state index contributed by atoms with van der Waals surface area (Å²) >= 11 is 5.26. The first-order valence-electron chi connectivity index (χ1n) is 5.52. The van der Waals surface area contributed by atoms with Gasteiger partial charge in [-0.3, -0.25) is 0 Å². The average molecular weight is 254 g/mol. The van der Waals surface area contributed by atoms with Gasteiger partial charge >= 0.3 is 0 Å². The molecule has 0 atom stereocenters. The predicted octanol–water partition coefficient (Wildman–Crippen LogP) is 1.71. The highest BCUT2D eigenvalue weighted by Gasteiger charge is 2.06. The number of thiocarbonyl (C=S) groups is 1. The van der Waals surface area contributed by atoms with Gasteiger partial charge in [-0.25, -0.2) is 0 Å². The monoisotopic (exact) mass is 254 g/mol. The number of methoxy groups -OCH3 is 1. The van der Waals surface area contributed by atoms with E-state index in [2.05, 4.69) is 5.32 Å². The van der Waals surface area contributed by atoms with Crippen LogP contribution in [-0.4, -0.2) is 41.9 Å². The third-order valence-electron chi connectivity index (χ3n) is 2.38. The lowest BCUT2D eigenvalue weighted by Gasteiger charge is -2.23. The molecule has 5 heteroatoms. The van der Waals surface area contributed by atoms with E-state index in [1.54, 1.807) is 7.11 Å². The Bertz CT molecular complexity index is 354. The molecule has 1 aromatic rings.